The van der Waals surface area contributed by atoms with Crippen molar-refractivity contribution in [3.63, 3.8) is 0 Å². The Bertz CT molecular complexity index is 281. The van der Waals surface area contributed by atoms with Crippen molar-refractivity contribution < 1.29 is 8.42 Å². The van der Waals surface area contributed by atoms with Crippen molar-refractivity contribution in [1.82, 2.24) is 0 Å². The Labute approximate surface area is 81.5 Å². The summed E-state index contributed by atoms with van der Waals surface area (Å²) in [6.45, 7) is 2.07. The van der Waals surface area contributed by atoms with Gasteiger partial charge in [0, 0.05) is 3.58 Å². The fraction of sp³-hybridized carbons (Fsp3) is 0.429. The Morgan fingerprint density at radius 2 is 2.27 bits per heavy atom. The van der Waals surface area contributed by atoms with Crippen LogP contribution in [0.2, 0.25) is 0 Å². The smallest absolute Gasteiger partial charge is 0.169 e. The molecule has 0 saturated carbocycles. The highest BCUT2D eigenvalue weighted by atomic mass is 127. The molecule has 1 atom stereocenters. The Kier molecular flexibility index (Phi) is 3.12. The normalized spacial score (nSPS) is 24.8. The molecule has 1 aliphatic rings. The van der Waals surface area contributed by atoms with Gasteiger partial charge >= 0.3 is 0 Å². The average molecular weight is 284 g/mol. The minimum atomic E-state index is -2.39. The summed E-state index contributed by atoms with van der Waals surface area (Å²) in [5.41, 5.74) is 0. The highest BCUT2D eigenvalue weighted by Crippen LogP contribution is 2.28. The number of thiol groups is 1. The van der Waals surface area contributed by atoms with Gasteiger partial charge in [0.05, 0.1) is 4.91 Å². The van der Waals surface area contributed by atoms with Crippen LogP contribution in [0.15, 0.2) is 20.6 Å². The van der Waals surface area contributed by atoms with Crippen molar-refractivity contribution >= 4 is 33.3 Å². The van der Waals surface area contributed by atoms with Gasteiger partial charge in [-0.15, -0.1) is 0 Å². The second kappa shape index (κ2) is 3.71. The monoisotopic (exact) mass is 284 g/mol. The van der Waals surface area contributed by atoms with Crippen LogP contribution >= 0.6 is 22.6 Å². The summed E-state index contributed by atoms with van der Waals surface area (Å²) in [5.74, 6) is 0.473. The lowest BCUT2D eigenvalue weighted by molar-refractivity contribution is 0.619. The molecule has 0 saturated heterocycles. The third-order valence-corrected chi connectivity index (χ3v) is 3.82. The van der Waals surface area contributed by atoms with Crippen molar-refractivity contribution in [1.29, 1.82) is 0 Å². The van der Waals surface area contributed by atoms with Gasteiger partial charge in [-0.3, -0.25) is 0 Å². The van der Waals surface area contributed by atoms with E-state index in [-0.39, 0.29) is 0 Å². The first kappa shape index (κ1) is 9.25. The van der Waals surface area contributed by atoms with Crippen LogP contribution in [0.1, 0.15) is 13.3 Å². The molecule has 1 unspecified atom stereocenters. The largest absolute Gasteiger partial charge is 0.227 e. The number of halogens is 1. The lowest BCUT2D eigenvalue weighted by atomic mass is 10.0. The number of hydrogen-bond acceptors (Lipinski definition) is 2. The van der Waals surface area contributed by atoms with Crippen LogP contribution in [0.4, 0.5) is 0 Å². The van der Waals surface area contributed by atoms with Crippen molar-refractivity contribution in [3.8, 4) is 0 Å². The first-order valence-electron chi connectivity index (χ1n) is 3.32. The molecular weight excluding hydrogens is 275 g/mol. The molecule has 0 aromatic rings. The van der Waals surface area contributed by atoms with Crippen molar-refractivity contribution in [2.45, 2.75) is 13.3 Å². The summed E-state index contributed by atoms with van der Waals surface area (Å²) >= 11 is 2.09. The molecule has 0 radical (unpaired) electrons. The van der Waals surface area contributed by atoms with E-state index in [1.165, 1.54) is 0 Å². The first-order valence-corrected chi connectivity index (χ1v) is 5.58. The van der Waals surface area contributed by atoms with E-state index < -0.39 is 10.7 Å². The molecule has 0 fully saturated rings. The van der Waals surface area contributed by atoms with E-state index in [4.69, 9.17) is 0 Å². The van der Waals surface area contributed by atoms with E-state index in [1.54, 1.807) is 6.08 Å². The van der Waals surface area contributed by atoms with Gasteiger partial charge < -0.3 is 0 Å². The minimum Gasteiger partial charge on any atom is -0.227 e. The maximum Gasteiger partial charge on any atom is 0.169 e. The molecule has 0 N–H and O–H groups in total. The number of rotatable bonds is 1. The van der Waals surface area contributed by atoms with Crippen LogP contribution < -0.4 is 0 Å². The van der Waals surface area contributed by atoms with Gasteiger partial charge in [-0.2, -0.15) is 0 Å². The summed E-state index contributed by atoms with van der Waals surface area (Å²) < 4.78 is 22.1. The second-order valence-electron chi connectivity index (χ2n) is 2.59. The molecular formula is C7H9IO2S. The van der Waals surface area contributed by atoms with Crippen LogP contribution in [0.25, 0.3) is 0 Å². The maximum atomic E-state index is 10.6. The molecule has 0 aliphatic heterocycles. The number of allylic oxidation sites excluding steroid dienone is 3. The third-order valence-electron chi connectivity index (χ3n) is 1.56. The van der Waals surface area contributed by atoms with Gasteiger partial charge in [0.1, 0.15) is 0 Å². The van der Waals surface area contributed by atoms with Crippen LogP contribution in [-0.4, -0.2) is 8.42 Å². The number of hydrogen-bond donors (Lipinski definition) is 1. The van der Waals surface area contributed by atoms with Crippen molar-refractivity contribution in [2.24, 2.45) is 5.92 Å². The van der Waals surface area contributed by atoms with E-state index in [9.17, 15) is 8.42 Å². The molecule has 1 aliphatic carbocycles. The van der Waals surface area contributed by atoms with Crippen molar-refractivity contribution in [3.05, 3.63) is 20.6 Å². The molecule has 1 rings (SSSR count). The summed E-state index contributed by atoms with van der Waals surface area (Å²) in [7, 11) is -2.39. The standard InChI is InChI=1S/C7H9IO2S/c1-5-2-3-7(11(9)10)6(8)4-5/h2-3,5,11H,4H2,1H3. The first-order chi connectivity index (χ1) is 5.11. The molecule has 0 aromatic heterocycles. The summed E-state index contributed by atoms with van der Waals surface area (Å²) in [5, 5.41) is 0. The minimum absolute atomic E-state index is 0.473. The quantitative estimate of drug-likeness (QED) is 0.589. The van der Waals surface area contributed by atoms with Crippen molar-refractivity contribution in [2.75, 3.05) is 0 Å². The molecule has 2 nitrogen and oxygen atoms in total. The van der Waals surface area contributed by atoms with Crippen LogP contribution in [-0.2, 0) is 10.7 Å². The Balaban J connectivity index is 2.98. The molecule has 0 amide bonds. The van der Waals surface area contributed by atoms with Gasteiger partial charge in [-0.1, -0.05) is 13.0 Å². The maximum absolute atomic E-state index is 10.6. The van der Waals surface area contributed by atoms with E-state index in [0.29, 0.717) is 10.8 Å². The van der Waals surface area contributed by atoms with Gasteiger partial charge in [-0.05, 0) is 41.0 Å². The fourth-order valence-corrected chi connectivity index (χ4v) is 2.92. The van der Waals surface area contributed by atoms with Gasteiger partial charge in [-0.25, -0.2) is 8.42 Å². The Hall–Kier alpha value is 0.160. The molecule has 4 heteroatoms. The molecule has 11 heavy (non-hydrogen) atoms. The lowest BCUT2D eigenvalue weighted by Gasteiger charge is -2.11. The predicted octanol–water partition coefficient (Wildman–Crippen LogP) is 1.84. The molecule has 0 heterocycles. The van der Waals surface area contributed by atoms with Crippen LogP contribution in [0, 0.1) is 5.92 Å². The molecule has 62 valence electrons. The highest BCUT2D eigenvalue weighted by Gasteiger charge is 2.11. The van der Waals surface area contributed by atoms with Crippen LogP contribution in [0.3, 0.4) is 0 Å². The van der Waals surface area contributed by atoms with E-state index in [2.05, 4.69) is 29.5 Å². The summed E-state index contributed by atoms with van der Waals surface area (Å²) in [4.78, 5) is 0.485. The zero-order valence-electron chi connectivity index (χ0n) is 6.08. The highest BCUT2D eigenvalue weighted by molar-refractivity contribution is 14.1. The average Bonchev–Trinajstić information content (AvgIpc) is 1.85. The predicted molar refractivity (Wildman–Crippen MR) is 54.3 cm³/mol. The van der Waals surface area contributed by atoms with Gasteiger partial charge in [0.25, 0.3) is 0 Å². The lowest BCUT2D eigenvalue weighted by Crippen LogP contribution is -1.98. The Morgan fingerprint density at radius 1 is 1.64 bits per heavy atom. The fourth-order valence-electron chi connectivity index (χ4n) is 0.961. The summed E-state index contributed by atoms with van der Waals surface area (Å²) in [6, 6.07) is 0. The Morgan fingerprint density at radius 3 is 2.73 bits per heavy atom. The molecule has 0 spiro atoms. The summed E-state index contributed by atoms with van der Waals surface area (Å²) in [6.07, 6.45) is 4.49. The molecule has 0 aromatic carbocycles. The van der Waals surface area contributed by atoms with Gasteiger partial charge in [0.15, 0.2) is 10.7 Å². The van der Waals surface area contributed by atoms with E-state index in [0.717, 1.165) is 10.0 Å². The van der Waals surface area contributed by atoms with E-state index >= 15 is 0 Å². The van der Waals surface area contributed by atoms with E-state index in [1.807, 2.05) is 6.08 Å². The zero-order valence-corrected chi connectivity index (χ0v) is 9.13. The second-order valence-corrected chi connectivity index (χ2v) is 4.89. The SMILES string of the molecule is CC1C=CC([SH](=O)=O)=C(I)C1. The van der Waals surface area contributed by atoms with Gasteiger partial charge in [0.2, 0.25) is 0 Å². The van der Waals surface area contributed by atoms with Crippen LogP contribution in [0.5, 0.6) is 0 Å². The topological polar surface area (TPSA) is 34.1 Å². The third kappa shape index (κ3) is 2.30. The molecule has 0 bridgehead atoms. The zero-order chi connectivity index (χ0) is 8.43.